The first-order valence-electron chi connectivity index (χ1n) is 6.07. The third-order valence-electron chi connectivity index (χ3n) is 3.21. The average molecular weight is 286 g/mol. The molecule has 0 aliphatic carbocycles. The largest absolute Gasteiger partial charge is 0.507 e. The normalized spacial score (nSPS) is 18.0. The van der Waals surface area contributed by atoms with Crippen molar-refractivity contribution in [1.29, 1.82) is 0 Å². The summed E-state index contributed by atoms with van der Waals surface area (Å²) in [5.41, 5.74) is -0.796. The zero-order valence-electron chi connectivity index (χ0n) is 10.4. The summed E-state index contributed by atoms with van der Waals surface area (Å²) in [5, 5.41) is 22.8. The smallest absolute Gasteiger partial charge is 0.255 e. The summed E-state index contributed by atoms with van der Waals surface area (Å²) < 4.78 is 5.16. The average Bonchev–Trinajstić information content (AvgIpc) is 2.37. The van der Waals surface area contributed by atoms with Crippen LogP contribution in [0.15, 0.2) is 18.2 Å². The highest BCUT2D eigenvalue weighted by Gasteiger charge is 2.30. The molecule has 2 rings (SSSR count). The summed E-state index contributed by atoms with van der Waals surface area (Å²) >= 11 is 5.70. The molecule has 1 aromatic rings. The van der Waals surface area contributed by atoms with Crippen molar-refractivity contribution in [1.82, 2.24) is 5.32 Å². The zero-order valence-corrected chi connectivity index (χ0v) is 11.1. The molecular weight excluding hydrogens is 270 g/mol. The highest BCUT2D eigenvalue weighted by molar-refractivity contribution is 6.30. The lowest BCUT2D eigenvalue weighted by atomic mass is 9.94. The van der Waals surface area contributed by atoms with Crippen molar-refractivity contribution in [2.45, 2.75) is 18.4 Å². The first-order chi connectivity index (χ1) is 9.00. The SMILES string of the molecule is O=C(NCC1(O)CCOCC1)c1ccc(Cl)cc1O. The van der Waals surface area contributed by atoms with E-state index in [4.69, 9.17) is 16.3 Å². The molecule has 1 aliphatic heterocycles. The summed E-state index contributed by atoms with van der Waals surface area (Å²) in [6.07, 6.45) is 0.972. The summed E-state index contributed by atoms with van der Waals surface area (Å²) in [7, 11) is 0. The Bertz CT molecular complexity index is 472. The predicted molar refractivity (Wildman–Crippen MR) is 70.5 cm³/mol. The maximum Gasteiger partial charge on any atom is 0.255 e. The minimum atomic E-state index is -0.935. The molecule has 1 heterocycles. The lowest BCUT2D eigenvalue weighted by molar-refractivity contribution is -0.0605. The Hall–Kier alpha value is -1.30. The fourth-order valence-corrected chi connectivity index (χ4v) is 2.13. The second kappa shape index (κ2) is 5.77. The number of rotatable bonds is 3. The van der Waals surface area contributed by atoms with Gasteiger partial charge in [-0.05, 0) is 18.2 Å². The van der Waals surface area contributed by atoms with Gasteiger partial charge in [0.15, 0.2) is 0 Å². The zero-order chi connectivity index (χ0) is 13.9. The number of carbonyl (C=O) groups is 1. The number of ether oxygens (including phenoxy) is 1. The molecule has 6 heteroatoms. The number of benzene rings is 1. The van der Waals surface area contributed by atoms with Crippen LogP contribution in [0.2, 0.25) is 5.02 Å². The molecule has 0 radical (unpaired) electrons. The van der Waals surface area contributed by atoms with Gasteiger partial charge in [0.05, 0.1) is 11.2 Å². The number of aromatic hydroxyl groups is 1. The van der Waals surface area contributed by atoms with Crippen molar-refractivity contribution >= 4 is 17.5 Å². The van der Waals surface area contributed by atoms with Crippen LogP contribution in [0.25, 0.3) is 0 Å². The number of nitrogens with one attached hydrogen (secondary N) is 1. The molecule has 0 unspecified atom stereocenters. The summed E-state index contributed by atoms with van der Waals surface area (Å²) in [4.78, 5) is 11.9. The fourth-order valence-electron chi connectivity index (χ4n) is 1.96. The molecule has 3 N–H and O–H groups in total. The summed E-state index contributed by atoms with van der Waals surface area (Å²) in [5.74, 6) is -0.613. The Morgan fingerprint density at radius 1 is 1.42 bits per heavy atom. The van der Waals surface area contributed by atoms with Crippen LogP contribution >= 0.6 is 11.6 Å². The molecule has 0 atom stereocenters. The van der Waals surface area contributed by atoms with Crippen LogP contribution in [0.4, 0.5) is 0 Å². The Morgan fingerprint density at radius 3 is 2.74 bits per heavy atom. The Kier molecular flexibility index (Phi) is 4.29. The number of amides is 1. The van der Waals surface area contributed by atoms with E-state index in [2.05, 4.69) is 5.32 Å². The van der Waals surface area contributed by atoms with Gasteiger partial charge in [-0.3, -0.25) is 4.79 Å². The van der Waals surface area contributed by atoms with Crippen LogP contribution in [0, 0.1) is 0 Å². The van der Waals surface area contributed by atoms with Gasteiger partial charge in [0, 0.05) is 37.6 Å². The first-order valence-corrected chi connectivity index (χ1v) is 6.45. The summed E-state index contributed by atoms with van der Waals surface area (Å²) in [6, 6.07) is 4.28. The highest BCUT2D eigenvalue weighted by atomic mass is 35.5. The standard InChI is InChI=1S/C13H16ClNO4/c14-9-1-2-10(11(16)7-9)12(17)15-8-13(18)3-5-19-6-4-13/h1-2,7,16,18H,3-6,8H2,(H,15,17). The van der Waals surface area contributed by atoms with E-state index in [1.165, 1.54) is 18.2 Å². The van der Waals surface area contributed by atoms with Gasteiger partial charge < -0.3 is 20.3 Å². The lowest BCUT2D eigenvalue weighted by Crippen LogP contribution is -2.46. The Balaban J connectivity index is 1.97. The molecular formula is C13H16ClNO4. The van der Waals surface area contributed by atoms with Gasteiger partial charge in [-0.15, -0.1) is 0 Å². The van der Waals surface area contributed by atoms with Crippen molar-refractivity contribution in [3.8, 4) is 5.75 Å². The molecule has 19 heavy (non-hydrogen) atoms. The number of aliphatic hydroxyl groups is 1. The second-order valence-electron chi connectivity index (χ2n) is 4.68. The van der Waals surface area contributed by atoms with Gasteiger partial charge in [-0.1, -0.05) is 11.6 Å². The molecule has 0 spiro atoms. The molecule has 1 saturated heterocycles. The van der Waals surface area contributed by atoms with Gasteiger partial charge >= 0.3 is 0 Å². The molecule has 1 fully saturated rings. The number of hydrogen-bond donors (Lipinski definition) is 3. The van der Waals surface area contributed by atoms with Crippen molar-refractivity contribution < 1.29 is 19.7 Å². The number of halogens is 1. The molecule has 1 aromatic carbocycles. The van der Waals surface area contributed by atoms with Crippen LogP contribution in [-0.4, -0.2) is 41.5 Å². The summed E-state index contributed by atoms with van der Waals surface area (Å²) in [6.45, 7) is 1.11. The first kappa shape index (κ1) is 14.1. The van der Waals surface area contributed by atoms with Crippen molar-refractivity contribution in [2.24, 2.45) is 0 Å². The van der Waals surface area contributed by atoms with Gasteiger partial charge in [0.25, 0.3) is 5.91 Å². The van der Waals surface area contributed by atoms with Gasteiger partial charge in [0.1, 0.15) is 5.75 Å². The van der Waals surface area contributed by atoms with Crippen LogP contribution < -0.4 is 5.32 Å². The minimum absolute atomic E-state index is 0.136. The van der Waals surface area contributed by atoms with E-state index >= 15 is 0 Å². The van der Waals surface area contributed by atoms with Crippen LogP contribution in [0.1, 0.15) is 23.2 Å². The van der Waals surface area contributed by atoms with E-state index in [-0.39, 0.29) is 17.9 Å². The molecule has 0 saturated carbocycles. The Labute approximate surface area is 116 Å². The topological polar surface area (TPSA) is 78.8 Å². The molecule has 5 nitrogen and oxygen atoms in total. The molecule has 1 aliphatic rings. The lowest BCUT2D eigenvalue weighted by Gasteiger charge is -2.32. The number of carbonyl (C=O) groups excluding carboxylic acids is 1. The maximum absolute atomic E-state index is 11.9. The van der Waals surface area contributed by atoms with Crippen LogP contribution in [0.5, 0.6) is 5.75 Å². The van der Waals surface area contributed by atoms with Crippen LogP contribution in [-0.2, 0) is 4.74 Å². The van der Waals surface area contributed by atoms with E-state index in [0.29, 0.717) is 31.1 Å². The van der Waals surface area contributed by atoms with Crippen molar-refractivity contribution in [3.63, 3.8) is 0 Å². The quantitative estimate of drug-likeness (QED) is 0.782. The van der Waals surface area contributed by atoms with Crippen molar-refractivity contribution in [2.75, 3.05) is 19.8 Å². The number of phenolic OH excluding ortho intramolecular Hbond substituents is 1. The van der Waals surface area contributed by atoms with Gasteiger partial charge in [0.2, 0.25) is 0 Å². The number of phenols is 1. The van der Waals surface area contributed by atoms with E-state index < -0.39 is 11.5 Å². The number of hydrogen-bond acceptors (Lipinski definition) is 4. The third kappa shape index (κ3) is 3.59. The van der Waals surface area contributed by atoms with E-state index in [1.807, 2.05) is 0 Å². The van der Waals surface area contributed by atoms with E-state index in [1.54, 1.807) is 0 Å². The van der Waals surface area contributed by atoms with Crippen molar-refractivity contribution in [3.05, 3.63) is 28.8 Å². The van der Waals surface area contributed by atoms with E-state index in [0.717, 1.165) is 0 Å². The monoisotopic (exact) mass is 285 g/mol. The molecule has 104 valence electrons. The molecule has 0 aromatic heterocycles. The van der Waals surface area contributed by atoms with Gasteiger partial charge in [-0.25, -0.2) is 0 Å². The fraction of sp³-hybridized carbons (Fsp3) is 0.462. The maximum atomic E-state index is 11.9. The van der Waals surface area contributed by atoms with Gasteiger partial charge in [-0.2, -0.15) is 0 Å². The molecule has 1 amide bonds. The van der Waals surface area contributed by atoms with E-state index in [9.17, 15) is 15.0 Å². The third-order valence-corrected chi connectivity index (χ3v) is 3.44. The minimum Gasteiger partial charge on any atom is -0.507 e. The molecule has 0 bridgehead atoms. The predicted octanol–water partition coefficient (Wildman–Crippen LogP) is 1.32. The second-order valence-corrected chi connectivity index (χ2v) is 5.12. The van der Waals surface area contributed by atoms with Crippen LogP contribution in [0.3, 0.4) is 0 Å². The highest BCUT2D eigenvalue weighted by Crippen LogP contribution is 2.23. The Morgan fingerprint density at radius 2 is 2.11 bits per heavy atom.